The van der Waals surface area contributed by atoms with Gasteiger partial charge in [0.1, 0.15) is 5.75 Å². The molecule has 0 spiro atoms. The fraction of sp³-hybridized carbons (Fsp3) is 0.480. The van der Waals surface area contributed by atoms with E-state index in [1.165, 1.54) is 12.0 Å². The molecule has 3 fully saturated rings. The molecule has 5 nitrogen and oxygen atoms in total. The molecule has 0 saturated carbocycles. The molecule has 0 radical (unpaired) electrons. The number of rotatable bonds is 6. The Kier molecular flexibility index (Phi) is 6.24. The zero-order chi connectivity index (χ0) is 22.2. The number of nitrogens with one attached hydrogen (secondary N) is 1. The third-order valence-electron chi connectivity index (χ3n) is 7.30. The van der Waals surface area contributed by atoms with Crippen LogP contribution < -0.4 is 15.0 Å². The number of carbonyl (C=O) groups is 1. The van der Waals surface area contributed by atoms with E-state index in [1.807, 2.05) is 24.3 Å². The Morgan fingerprint density at radius 2 is 1.84 bits per heavy atom. The summed E-state index contributed by atoms with van der Waals surface area (Å²) in [6.45, 7) is 2.48. The highest BCUT2D eigenvalue weighted by atomic mass is 35.5. The molecule has 0 aliphatic carbocycles. The summed E-state index contributed by atoms with van der Waals surface area (Å²) in [5.41, 5.74) is 2.28. The summed E-state index contributed by atoms with van der Waals surface area (Å²) in [6.07, 6.45) is 4.28. The van der Waals surface area contributed by atoms with E-state index in [-0.39, 0.29) is 17.9 Å². The first-order valence-electron chi connectivity index (χ1n) is 11.4. The van der Waals surface area contributed by atoms with Crippen LogP contribution in [-0.4, -0.2) is 49.1 Å². The first-order valence-corrected chi connectivity index (χ1v) is 12.2. The molecule has 1 N–H and O–H groups in total. The average Bonchev–Trinajstić information content (AvgIpc) is 3.49. The van der Waals surface area contributed by atoms with Crippen LogP contribution in [0, 0.1) is 5.92 Å². The van der Waals surface area contributed by atoms with Crippen molar-refractivity contribution in [2.45, 2.75) is 50.4 Å². The van der Waals surface area contributed by atoms with Crippen molar-refractivity contribution < 1.29 is 9.53 Å². The molecular weight excluding hydrogens is 445 g/mol. The molecule has 2 aromatic rings. The van der Waals surface area contributed by atoms with Gasteiger partial charge in [0.05, 0.1) is 13.0 Å². The maximum atomic E-state index is 13.1. The normalized spacial score (nSPS) is 27.2. The van der Waals surface area contributed by atoms with Gasteiger partial charge in [-0.25, -0.2) is 0 Å². The monoisotopic (exact) mass is 473 g/mol. The summed E-state index contributed by atoms with van der Waals surface area (Å²) in [6, 6.07) is 15.1. The summed E-state index contributed by atoms with van der Waals surface area (Å²) in [5.74, 6) is 1.07. The largest absolute Gasteiger partial charge is 0.497 e. The lowest BCUT2D eigenvalue weighted by Gasteiger charge is -2.26. The molecular formula is C25H29Cl2N3O2. The van der Waals surface area contributed by atoms with Crippen LogP contribution in [0.25, 0.3) is 0 Å². The Balaban J connectivity index is 1.18. The Morgan fingerprint density at radius 3 is 2.56 bits per heavy atom. The zero-order valence-corrected chi connectivity index (χ0v) is 19.8. The van der Waals surface area contributed by atoms with Gasteiger partial charge in [-0.1, -0.05) is 35.3 Å². The molecule has 3 saturated heterocycles. The molecule has 3 heterocycles. The number of methoxy groups -OCH3 is 1. The summed E-state index contributed by atoms with van der Waals surface area (Å²) < 4.78 is 5.27. The highest BCUT2D eigenvalue weighted by Crippen LogP contribution is 2.39. The van der Waals surface area contributed by atoms with Crippen molar-refractivity contribution in [3.8, 4) is 5.75 Å². The van der Waals surface area contributed by atoms with Crippen LogP contribution in [0.3, 0.4) is 0 Å². The van der Waals surface area contributed by atoms with Crippen molar-refractivity contribution >= 4 is 34.8 Å². The number of ether oxygens (including phenoxy) is 1. The predicted octanol–water partition coefficient (Wildman–Crippen LogP) is 4.75. The molecule has 3 aliphatic rings. The van der Waals surface area contributed by atoms with Crippen LogP contribution >= 0.6 is 23.2 Å². The molecule has 0 aromatic heterocycles. The van der Waals surface area contributed by atoms with Crippen LogP contribution in [0.15, 0.2) is 42.5 Å². The lowest BCUT2D eigenvalue weighted by molar-refractivity contribution is -0.125. The van der Waals surface area contributed by atoms with E-state index in [4.69, 9.17) is 27.9 Å². The molecule has 170 valence electrons. The number of carbonyl (C=O) groups excluding carboxylic acids is 1. The Labute approximate surface area is 199 Å². The van der Waals surface area contributed by atoms with Crippen LogP contribution in [0.2, 0.25) is 10.0 Å². The standard InChI is InChI=1S/C25H29Cl2N3O2/c1-32-22-5-2-16(3-6-22)14-30-20-4-7-24(30)23(13-20)28-25(31)17-8-9-29(15-17)21-11-18(26)10-19(27)12-21/h2-3,5-6,10-12,17,20,23-24H,4,7-9,13-15H2,1H3,(H,28,31)/t17-,20-,23+,24+/m0/s1. The van der Waals surface area contributed by atoms with E-state index in [0.29, 0.717) is 28.7 Å². The first-order chi connectivity index (χ1) is 15.5. The molecule has 2 aromatic carbocycles. The number of anilines is 1. The zero-order valence-electron chi connectivity index (χ0n) is 18.3. The van der Waals surface area contributed by atoms with Gasteiger partial charge in [0.15, 0.2) is 0 Å². The molecule has 5 rings (SSSR count). The summed E-state index contributed by atoms with van der Waals surface area (Å²) in [4.78, 5) is 17.9. The fourth-order valence-electron chi connectivity index (χ4n) is 5.68. The third kappa shape index (κ3) is 4.43. The minimum atomic E-state index is 0.00178. The topological polar surface area (TPSA) is 44.8 Å². The summed E-state index contributed by atoms with van der Waals surface area (Å²) >= 11 is 12.3. The second kappa shape index (κ2) is 9.12. The Hall–Kier alpha value is -1.95. The summed E-state index contributed by atoms with van der Waals surface area (Å²) in [7, 11) is 1.69. The molecule has 2 bridgehead atoms. The fourth-order valence-corrected chi connectivity index (χ4v) is 6.19. The number of amides is 1. The molecule has 1 amide bonds. The number of benzene rings is 2. The lowest BCUT2D eigenvalue weighted by Crippen LogP contribution is -2.46. The SMILES string of the molecule is COc1ccc(CN2[C@H]3CC[C@@H]2[C@H](NC(=O)[C@H]2CCN(c4cc(Cl)cc(Cl)c4)C2)C3)cc1. The van der Waals surface area contributed by atoms with Crippen LogP contribution in [-0.2, 0) is 11.3 Å². The van der Waals surface area contributed by atoms with Crippen LogP contribution in [0.4, 0.5) is 5.69 Å². The summed E-state index contributed by atoms with van der Waals surface area (Å²) in [5, 5.41) is 4.65. The minimum absolute atomic E-state index is 0.00178. The van der Waals surface area contributed by atoms with Gasteiger partial charge in [-0.15, -0.1) is 0 Å². The molecule has 3 aliphatic heterocycles. The van der Waals surface area contributed by atoms with Crippen LogP contribution in [0.5, 0.6) is 5.75 Å². The number of fused-ring (bicyclic) bond motifs is 2. The smallest absolute Gasteiger partial charge is 0.225 e. The predicted molar refractivity (Wildman–Crippen MR) is 129 cm³/mol. The van der Waals surface area contributed by atoms with Gasteiger partial charge in [-0.3, -0.25) is 9.69 Å². The van der Waals surface area contributed by atoms with Gasteiger partial charge in [-0.2, -0.15) is 0 Å². The molecule has 32 heavy (non-hydrogen) atoms. The maximum absolute atomic E-state index is 13.1. The van der Waals surface area contributed by atoms with Gasteiger partial charge in [0.2, 0.25) is 5.91 Å². The van der Waals surface area contributed by atoms with Gasteiger partial charge in [0, 0.05) is 53.5 Å². The van der Waals surface area contributed by atoms with E-state index in [9.17, 15) is 4.79 Å². The van der Waals surface area contributed by atoms with Crippen molar-refractivity contribution in [3.05, 3.63) is 58.1 Å². The second-order valence-corrected chi connectivity index (χ2v) is 10.1. The second-order valence-electron chi connectivity index (χ2n) is 9.23. The van der Waals surface area contributed by atoms with Gasteiger partial charge in [0.25, 0.3) is 0 Å². The number of nitrogens with zero attached hydrogens (tertiary/aromatic N) is 2. The maximum Gasteiger partial charge on any atom is 0.225 e. The van der Waals surface area contributed by atoms with E-state index >= 15 is 0 Å². The van der Waals surface area contributed by atoms with Gasteiger partial charge in [-0.05, 0) is 61.6 Å². The van der Waals surface area contributed by atoms with Crippen molar-refractivity contribution in [1.29, 1.82) is 0 Å². The van der Waals surface area contributed by atoms with Gasteiger partial charge >= 0.3 is 0 Å². The number of hydrogen-bond donors (Lipinski definition) is 1. The number of hydrogen-bond acceptors (Lipinski definition) is 4. The van der Waals surface area contributed by atoms with Crippen molar-refractivity contribution in [2.75, 3.05) is 25.1 Å². The highest BCUT2D eigenvalue weighted by molar-refractivity contribution is 6.35. The van der Waals surface area contributed by atoms with Crippen LogP contribution in [0.1, 0.15) is 31.2 Å². The lowest BCUT2D eigenvalue weighted by atomic mass is 9.94. The van der Waals surface area contributed by atoms with E-state index in [2.05, 4.69) is 27.2 Å². The molecule has 4 atom stereocenters. The highest BCUT2D eigenvalue weighted by Gasteiger charge is 2.47. The van der Waals surface area contributed by atoms with Crippen molar-refractivity contribution in [2.24, 2.45) is 5.92 Å². The van der Waals surface area contributed by atoms with Gasteiger partial charge < -0.3 is 15.0 Å². The van der Waals surface area contributed by atoms with Crippen molar-refractivity contribution in [3.63, 3.8) is 0 Å². The van der Waals surface area contributed by atoms with E-state index < -0.39 is 0 Å². The minimum Gasteiger partial charge on any atom is -0.497 e. The Bertz CT molecular complexity index is 963. The molecule has 0 unspecified atom stereocenters. The first kappa shape index (κ1) is 21.9. The van der Waals surface area contributed by atoms with E-state index in [1.54, 1.807) is 13.2 Å². The quantitative estimate of drug-likeness (QED) is 0.657. The third-order valence-corrected chi connectivity index (χ3v) is 7.74. The number of halogens is 2. The van der Waals surface area contributed by atoms with E-state index in [0.717, 1.165) is 43.8 Å². The average molecular weight is 474 g/mol. The molecule has 7 heteroatoms. The van der Waals surface area contributed by atoms with Crippen molar-refractivity contribution in [1.82, 2.24) is 10.2 Å². The Morgan fingerprint density at radius 1 is 1.09 bits per heavy atom.